The first-order valence-corrected chi connectivity index (χ1v) is 10.3. The molecule has 1 aliphatic carbocycles. The van der Waals surface area contributed by atoms with Crippen LogP contribution in [0, 0.1) is 18.8 Å². The van der Waals surface area contributed by atoms with Crippen molar-refractivity contribution in [1.29, 1.82) is 0 Å². The lowest BCUT2D eigenvalue weighted by Gasteiger charge is -2.35. The lowest BCUT2D eigenvalue weighted by Crippen LogP contribution is -2.52. The summed E-state index contributed by atoms with van der Waals surface area (Å²) in [7, 11) is 0. The molecule has 1 aromatic heterocycles. The second-order valence-electron chi connectivity index (χ2n) is 7.57. The predicted molar refractivity (Wildman–Crippen MR) is 114 cm³/mol. The zero-order valence-corrected chi connectivity index (χ0v) is 17.7. The molecule has 7 heteroatoms. The van der Waals surface area contributed by atoms with E-state index < -0.39 is 0 Å². The first-order chi connectivity index (χ1) is 13.4. The smallest absolute Gasteiger partial charge is 0.305 e. The average molecular weight is 404 g/mol. The molecule has 152 valence electrons. The van der Waals surface area contributed by atoms with Gasteiger partial charge in [0.25, 0.3) is 0 Å². The predicted octanol–water partition coefficient (Wildman–Crippen LogP) is 4.07. The molecule has 1 fully saturated rings. The van der Waals surface area contributed by atoms with E-state index in [0.717, 1.165) is 23.1 Å². The SMILES string of the molecule is CCOc1ccc2oc(C(=O)NNC(=S)N[C@H]3CCC[C@@H](C)[C@@H]3C)c(C)c2c1. The Hall–Kier alpha value is -2.28. The number of hydrazine groups is 1. The lowest BCUT2D eigenvalue weighted by molar-refractivity contribution is 0.0916. The van der Waals surface area contributed by atoms with E-state index in [1.807, 2.05) is 32.0 Å². The van der Waals surface area contributed by atoms with Crippen LogP contribution in [0.2, 0.25) is 0 Å². The van der Waals surface area contributed by atoms with Crippen LogP contribution in [0.25, 0.3) is 11.0 Å². The zero-order chi connectivity index (χ0) is 20.3. The van der Waals surface area contributed by atoms with Crippen LogP contribution in [-0.2, 0) is 0 Å². The van der Waals surface area contributed by atoms with Gasteiger partial charge in [-0.15, -0.1) is 0 Å². The monoisotopic (exact) mass is 403 g/mol. The molecule has 2 aromatic rings. The minimum absolute atomic E-state index is 0.263. The Bertz CT molecular complexity index is 864. The molecule has 28 heavy (non-hydrogen) atoms. The maximum atomic E-state index is 12.6. The summed E-state index contributed by atoms with van der Waals surface area (Å²) in [4.78, 5) is 12.6. The number of fused-ring (bicyclic) bond motifs is 1. The van der Waals surface area contributed by atoms with E-state index in [9.17, 15) is 4.79 Å². The van der Waals surface area contributed by atoms with E-state index in [-0.39, 0.29) is 11.7 Å². The molecular weight excluding hydrogens is 374 g/mol. The number of hydrogen-bond donors (Lipinski definition) is 3. The molecule has 3 N–H and O–H groups in total. The second-order valence-corrected chi connectivity index (χ2v) is 7.98. The molecule has 1 aromatic carbocycles. The van der Waals surface area contributed by atoms with Crippen LogP contribution in [0.4, 0.5) is 0 Å². The van der Waals surface area contributed by atoms with Crippen molar-refractivity contribution in [3.05, 3.63) is 29.5 Å². The van der Waals surface area contributed by atoms with Gasteiger partial charge < -0.3 is 14.5 Å². The summed E-state index contributed by atoms with van der Waals surface area (Å²) in [6.07, 6.45) is 3.54. The van der Waals surface area contributed by atoms with Crippen molar-refractivity contribution in [2.75, 3.05) is 6.61 Å². The molecule has 1 saturated carbocycles. The number of furan rings is 1. The van der Waals surface area contributed by atoms with E-state index in [1.165, 1.54) is 12.8 Å². The van der Waals surface area contributed by atoms with Crippen molar-refractivity contribution < 1.29 is 13.9 Å². The first-order valence-electron chi connectivity index (χ1n) is 9.93. The van der Waals surface area contributed by atoms with Gasteiger partial charge in [0.15, 0.2) is 10.9 Å². The van der Waals surface area contributed by atoms with E-state index >= 15 is 0 Å². The molecule has 0 saturated heterocycles. The van der Waals surface area contributed by atoms with Crippen LogP contribution in [0.3, 0.4) is 0 Å². The average Bonchev–Trinajstić information content (AvgIpc) is 3.00. The Morgan fingerprint density at radius 2 is 2.07 bits per heavy atom. The highest BCUT2D eigenvalue weighted by Crippen LogP contribution is 2.30. The van der Waals surface area contributed by atoms with Crippen LogP contribution in [0.5, 0.6) is 5.75 Å². The van der Waals surface area contributed by atoms with Gasteiger partial charge in [0.1, 0.15) is 11.3 Å². The minimum atomic E-state index is -0.360. The molecule has 0 unspecified atom stereocenters. The standard InChI is InChI=1S/C21H29N3O3S/c1-5-26-15-9-10-18-16(11-15)14(4)19(27-18)20(25)23-24-21(28)22-17-8-6-7-12(2)13(17)3/h9-13,17H,5-8H2,1-4H3,(H,23,25)(H2,22,24,28)/t12-,13+,17+/m1/s1. The highest BCUT2D eigenvalue weighted by Gasteiger charge is 2.27. The van der Waals surface area contributed by atoms with Gasteiger partial charge in [0.05, 0.1) is 6.61 Å². The van der Waals surface area contributed by atoms with Crippen LogP contribution in [0.1, 0.15) is 56.2 Å². The number of amides is 1. The van der Waals surface area contributed by atoms with Crippen molar-refractivity contribution in [1.82, 2.24) is 16.2 Å². The molecule has 0 spiro atoms. The van der Waals surface area contributed by atoms with Gasteiger partial charge in [0, 0.05) is 17.0 Å². The Morgan fingerprint density at radius 1 is 1.29 bits per heavy atom. The van der Waals surface area contributed by atoms with Crippen molar-refractivity contribution >= 4 is 34.2 Å². The van der Waals surface area contributed by atoms with E-state index in [1.54, 1.807) is 0 Å². The van der Waals surface area contributed by atoms with Crippen LogP contribution < -0.4 is 20.9 Å². The maximum Gasteiger partial charge on any atom is 0.305 e. The number of rotatable bonds is 4. The normalized spacial score (nSPS) is 21.9. The first kappa shape index (κ1) is 20.5. The van der Waals surface area contributed by atoms with Crippen molar-refractivity contribution in [3.8, 4) is 5.75 Å². The minimum Gasteiger partial charge on any atom is -0.494 e. The Kier molecular flexibility index (Phi) is 6.44. The molecule has 1 amide bonds. The largest absolute Gasteiger partial charge is 0.494 e. The van der Waals surface area contributed by atoms with Gasteiger partial charge in [-0.2, -0.15) is 0 Å². The van der Waals surface area contributed by atoms with Gasteiger partial charge >= 0.3 is 5.91 Å². The van der Waals surface area contributed by atoms with Gasteiger partial charge in [-0.25, -0.2) is 0 Å². The molecule has 0 aliphatic heterocycles. The van der Waals surface area contributed by atoms with Crippen molar-refractivity contribution in [3.63, 3.8) is 0 Å². The van der Waals surface area contributed by atoms with Crippen molar-refractivity contribution in [2.45, 2.75) is 53.0 Å². The second kappa shape index (κ2) is 8.82. The third kappa shape index (κ3) is 4.41. The quantitative estimate of drug-likeness (QED) is 0.528. The van der Waals surface area contributed by atoms with E-state index in [2.05, 4.69) is 30.0 Å². The number of hydrogen-bond acceptors (Lipinski definition) is 4. The van der Waals surface area contributed by atoms with Gasteiger partial charge in [-0.05, 0) is 62.5 Å². The maximum absolute atomic E-state index is 12.6. The third-order valence-corrected chi connectivity index (χ3v) is 5.96. The molecule has 0 bridgehead atoms. The van der Waals surface area contributed by atoms with Crippen LogP contribution in [0.15, 0.2) is 22.6 Å². The van der Waals surface area contributed by atoms with Gasteiger partial charge in [0.2, 0.25) is 0 Å². The molecule has 3 rings (SSSR count). The molecular formula is C21H29N3O3S. The number of carbonyl (C=O) groups excluding carboxylic acids is 1. The molecule has 0 radical (unpaired) electrons. The number of thiocarbonyl (C=S) groups is 1. The third-order valence-electron chi connectivity index (χ3n) is 5.74. The molecule has 6 nitrogen and oxygen atoms in total. The number of nitrogens with one attached hydrogen (secondary N) is 3. The molecule has 1 aliphatic rings. The Balaban J connectivity index is 1.61. The summed E-state index contributed by atoms with van der Waals surface area (Å²) >= 11 is 5.35. The molecule has 3 atom stereocenters. The van der Waals surface area contributed by atoms with Gasteiger partial charge in [-0.1, -0.05) is 26.7 Å². The van der Waals surface area contributed by atoms with E-state index in [0.29, 0.717) is 35.2 Å². The summed E-state index contributed by atoms with van der Waals surface area (Å²) in [5.41, 5.74) is 6.86. The number of carbonyl (C=O) groups is 1. The summed E-state index contributed by atoms with van der Waals surface area (Å²) in [6, 6.07) is 5.86. The molecule has 1 heterocycles. The topological polar surface area (TPSA) is 75.5 Å². The summed E-state index contributed by atoms with van der Waals surface area (Å²) < 4.78 is 11.3. The highest BCUT2D eigenvalue weighted by molar-refractivity contribution is 7.80. The lowest BCUT2D eigenvalue weighted by atomic mass is 9.78. The van der Waals surface area contributed by atoms with E-state index in [4.69, 9.17) is 21.4 Å². The fourth-order valence-electron chi connectivity index (χ4n) is 3.83. The Morgan fingerprint density at radius 3 is 2.82 bits per heavy atom. The van der Waals surface area contributed by atoms with Crippen molar-refractivity contribution in [2.24, 2.45) is 11.8 Å². The van der Waals surface area contributed by atoms with Crippen LogP contribution >= 0.6 is 12.2 Å². The summed E-state index contributed by atoms with van der Waals surface area (Å²) in [5, 5.41) is 4.61. The van der Waals surface area contributed by atoms with Gasteiger partial charge in [-0.3, -0.25) is 15.6 Å². The van der Waals surface area contributed by atoms with Crippen LogP contribution in [-0.4, -0.2) is 23.7 Å². The highest BCUT2D eigenvalue weighted by atomic mass is 32.1. The summed E-state index contributed by atoms with van der Waals surface area (Å²) in [6.45, 7) is 8.90. The summed E-state index contributed by atoms with van der Waals surface area (Å²) in [5.74, 6) is 1.87. The number of benzene rings is 1. The zero-order valence-electron chi connectivity index (χ0n) is 16.9. The number of aryl methyl sites for hydroxylation is 1. The fraction of sp³-hybridized carbons (Fsp3) is 0.524. The Labute approximate surface area is 171 Å². The fourth-order valence-corrected chi connectivity index (χ4v) is 4.04. The number of ether oxygens (including phenoxy) is 1.